The Labute approximate surface area is 130 Å². The second kappa shape index (κ2) is 7.78. The highest BCUT2D eigenvalue weighted by Crippen LogP contribution is 2.32. The highest BCUT2D eigenvalue weighted by atomic mass is 35.5. The van der Waals surface area contributed by atoms with E-state index in [1.165, 1.54) is 5.56 Å². The van der Waals surface area contributed by atoms with E-state index in [4.69, 9.17) is 25.8 Å². The first-order chi connectivity index (χ1) is 10.2. The number of aryl methyl sites for hydroxylation is 1. The molecule has 1 aromatic carbocycles. The molecule has 0 bridgehead atoms. The van der Waals surface area contributed by atoms with Crippen LogP contribution < -0.4 is 0 Å². The molecule has 0 aromatic heterocycles. The van der Waals surface area contributed by atoms with Gasteiger partial charge in [0.2, 0.25) is 0 Å². The number of benzene rings is 1. The van der Waals surface area contributed by atoms with Gasteiger partial charge in [-0.1, -0.05) is 23.7 Å². The molecule has 5 heteroatoms. The van der Waals surface area contributed by atoms with E-state index in [0.717, 1.165) is 17.9 Å². The summed E-state index contributed by atoms with van der Waals surface area (Å²) in [6.45, 7) is 3.78. The Morgan fingerprint density at radius 1 is 1.43 bits per heavy atom. The average Bonchev–Trinajstić information content (AvgIpc) is 3.24. The quantitative estimate of drug-likeness (QED) is 0.399. The van der Waals surface area contributed by atoms with Crippen molar-refractivity contribution in [3.63, 3.8) is 0 Å². The number of carbonyl (C=O) groups excluding carboxylic acids is 1. The molecule has 1 aromatic rings. The second-order valence-corrected chi connectivity index (χ2v) is 5.54. The molecular weight excluding hydrogens is 292 g/mol. The van der Waals surface area contributed by atoms with Crippen molar-refractivity contribution in [2.75, 3.05) is 26.4 Å². The second-order valence-electron chi connectivity index (χ2n) is 5.10. The minimum atomic E-state index is -0.733. The van der Waals surface area contributed by atoms with Gasteiger partial charge in [-0.15, -0.1) is 0 Å². The van der Waals surface area contributed by atoms with E-state index in [2.05, 4.69) is 6.07 Å². The first kappa shape index (κ1) is 16.3. The third-order valence-corrected chi connectivity index (χ3v) is 3.67. The molecule has 116 valence electrons. The zero-order valence-electron chi connectivity index (χ0n) is 12.3. The summed E-state index contributed by atoms with van der Waals surface area (Å²) in [5, 5.41) is 0.760. The first-order valence-corrected chi connectivity index (χ1v) is 7.67. The Hall–Kier alpha value is -1.10. The summed E-state index contributed by atoms with van der Waals surface area (Å²) in [4.78, 5) is 11.6. The van der Waals surface area contributed by atoms with Gasteiger partial charge in [-0.05, 0) is 37.5 Å². The monoisotopic (exact) mass is 312 g/mol. The third kappa shape index (κ3) is 4.99. The van der Waals surface area contributed by atoms with Gasteiger partial charge in [0.05, 0.1) is 13.2 Å². The van der Waals surface area contributed by atoms with E-state index in [1.807, 2.05) is 18.2 Å². The predicted molar refractivity (Wildman–Crippen MR) is 80.5 cm³/mol. The van der Waals surface area contributed by atoms with E-state index in [0.29, 0.717) is 32.8 Å². The molecule has 0 radical (unpaired) electrons. The Kier molecular flexibility index (Phi) is 6.03. The molecule has 2 rings (SSSR count). The topological polar surface area (TPSA) is 48.1 Å². The molecule has 0 spiro atoms. The van der Waals surface area contributed by atoms with Crippen LogP contribution in [0.25, 0.3) is 0 Å². The number of epoxide rings is 1. The molecule has 1 aliphatic heterocycles. The van der Waals surface area contributed by atoms with E-state index >= 15 is 0 Å². The van der Waals surface area contributed by atoms with Gasteiger partial charge in [0, 0.05) is 24.7 Å². The lowest BCUT2D eigenvalue weighted by molar-refractivity contribution is -0.150. The van der Waals surface area contributed by atoms with Gasteiger partial charge >= 0.3 is 5.97 Å². The summed E-state index contributed by atoms with van der Waals surface area (Å²) in [6.07, 6.45) is 2.41. The predicted octanol–water partition coefficient (Wildman–Crippen LogP) is 3.01. The lowest BCUT2D eigenvalue weighted by Gasteiger charge is -2.11. The molecule has 0 amide bonds. The highest BCUT2D eigenvalue weighted by molar-refractivity contribution is 6.30. The Bertz CT molecular complexity index is 471. The maximum atomic E-state index is 11.6. The molecule has 1 unspecified atom stereocenters. The van der Waals surface area contributed by atoms with Crippen LogP contribution in [0.15, 0.2) is 24.3 Å². The SMILES string of the molecule is CCOC(=O)C1(CCOCCCc2cccc(Cl)c2)CO1. The molecule has 1 atom stereocenters. The van der Waals surface area contributed by atoms with Crippen LogP contribution in [0.3, 0.4) is 0 Å². The van der Waals surface area contributed by atoms with Crippen LogP contribution in [-0.4, -0.2) is 38.0 Å². The van der Waals surface area contributed by atoms with E-state index in [-0.39, 0.29) is 5.97 Å². The lowest BCUT2D eigenvalue weighted by atomic mass is 10.1. The summed E-state index contributed by atoms with van der Waals surface area (Å²) in [7, 11) is 0. The van der Waals surface area contributed by atoms with Crippen LogP contribution in [0.5, 0.6) is 0 Å². The van der Waals surface area contributed by atoms with E-state index in [9.17, 15) is 4.79 Å². The maximum Gasteiger partial charge on any atom is 0.340 e. The summed E-state index contributed by atoms with van der Waals surface area (Å²) in [6, 6.07) is 7.84. The largest absolute Gasteiger partial charge is 0.464 e. The number of halogens is 1. The summed E-state index contributed by atoms with van der Waals surface area (Å²) in [5.41, 5.74) is 0.475. The lowest BCUT2D eigenvalue weighted by Crippen LogP contribution is -2.28. The van der Waals surface area contributed by atoms with Crippen molar-refractivity contribution < 1.29 is 19.0 Å². The van der Waals surface area contributed by atoms with Crippen LogP contribution >= 0.6 is 11.6 Å². The fourth-order valence-corrected chi connectivity index (χ4v) is 2.34. The number of hydrogen-bond acceptors (Lipinski definition) is 4. The van der Waals surface area contributed by atoms with Crippen LogP contribution in [-0.2, 0) is 25.4 Å². The van der Waals surface area contributed by atoms with Crippen molar-refractivity contribution in [2.45, 2.75) is 31.8 Å². The van der Waals surface area contributed by atoms with Gasteiger partial charge in [0.25, 0.3) is 0 Å². The summed E-state index contributed by atoms with van der Waals surface area (Å²) in [5.74, 6) is -0.271. The molecule has 4 nitrogen and oxygen atoms in total. The normalized spacial score (nSPS) is 20.3. The number of esters is 1. The fourth-order valence-electron chi connectivity index (χ4n) is 2.12. The average molecular weight is 313 g/mol. The third-order valence-electron chi connectivity index (χ3n) is 3.43. The van der Waals surface area contributed by atoms with Gasteiger partial charge in [0.1, 0.15) is 0 Å². The van der Waals surface area contributed by atoms with Gasteiger partial charge < -0.3 is 14.2 Å². The molecule has 21 heavy (non-hydrogen) atoms. The maximum absolute atomic E-state index is 11.6. The molecule has 0 saturated carbocycles. The molecule has 0 N–H and O–H groups in total. The minimum Gasteiger partial charge on any atom is -0.464 e. The highest BCUT2D eigenvalue weighted by Gasteiger charge is 2.53. The molecular formula is C16H21ClO4. The first-order valence-electron chi connectivity index (χ1n) is 7.30. The standard InChI is InChI=1S/C16H21ClO4/c1-2-20-15(18)16(12-21-16)8-10-19-9-4-6-13-5-3-7-14(17)11-13/h3,5,7,11H,2,4,6,8-10,12H2,1H3. The zero-order chi connectivity index (χ0) is 15.1. The van der Waals surface area contributed by atoms with Crippen molar-refractivity contribution >= 4 is 17.6 Å². The number of carbonyl (C=O) groups is 1. The molecule has 1 saturated heterocycles. The number of ether oxygens (including phenoxy) is 3. The van der Waals surface area contributed by atoms with Crippen LogP contribution in [0.2, 0.25) is 5.02 Å². The van der Waals surface area contributed by atoms with Gasteiger partial charge in [-0.3, -0.25) is 0 Å². The van der Waals surface area contributed by atoms with Crippen LogP contribution in [0.1, 0.15) is 25.3 Å². The smallest absolute Gasteiger partial charge is 0.340 e. The van der Waals surface area contributed by atoms with Crippen molar-refractivity contribution in [1.82, 2.24) is 0 Å². The fraction of sp³-hybridized carbons (Fsp3) is 0.562. The van der Waals surface area contributed by atoms with Crippen molar-refractivity contribution in [2.24, 2.45) is 0 Å². The van der Waals surface area contributed by atoms with E-state index in [1.54, 1.807) is 6.92 Å². The number of hydrogen-bond donors (Lipinski definition) is 0. The summed E-state index contributed by atoms with van der Waals surface area (Å²) < 4.78 is 15.8. The zero-order valence-corrected chi connectivity index (χ0v) is 13.0. The Balaban J connectivity index is 1.57. The van der Waals surface area contributed by atoms with Gasteiger partial charge in [0.15, 0.2) is 5.60 Å². The van der Waals surface area contributed by atoms with Crippen molar-refractivity contribution in [3.8, 4) is 0 Å². The van der Waals surface area contributed by atoms with Crippen LogP contribution in [0.4, 0.5) is 0 Å². The van der Waals surface area contributed by atoms with E-state index < -0.39 is 5.60 Å². The van der Waals surface area contributed by atoms with Gasteiger partial charge in [-0.25, -0.2) is 4.79 Å². The Morgan fingerprint density at radius 2 is 2.24 bits per heavy atom. The van der Waals surface area contributed by atoms with Crippen LogP contribution in [0, 0.1) is 0 Å². The summed E-state index contributed by atoms with van der Waals surface area (Å²) >= 11 is 5.93. The van der Waals surface area contributed by atoms with Crippen molar-refractivity contribution in [1.29, 1.82) is 0 Å². The molecule has 1 heterocycles. The number of rotatable bonds is 9. The molecule has 1 fully saturated rings. The minimum absolute atomic E-state index is 0.271. The van der Waals surface area contributed by atoms with Gasteiger partial charge in [-0.2, -0.15) is 0 Å². The molecule has 1 aliphatic rings. The van der Waals surface area contributed by atoms with Crippen molar-refractivity contribution in [3.05, 3.63) is 34.9 Å². The molecule has 0 aliphatic carbocycles. The Morgan fingerprint density at radius 3 is 2.90 bits per heavy atom.